The first-order valence-electron chi connectivity index (χ1n) is 12.8. The molecule has 224 valence electrons. The van der Waals surface area contributed by atoms with Gasteiger partial charge < -0.3 is 43.2 Å². The third kappa shape index (κ3) is 11.0. The summed E-state index contributed by atoms with van der Waals surface area (Å²) < 4.78 is 0. The van der Waals surface area contributed by atoms with Gasteiger partial charge >= 0.3 is 5.97 Å². The summed E-state index contributed by atoms with van der Waals surface area (Å²) in [6.45, 7) is 1.50. The number of nitrogens with one attached hydrogen (secondary N) is 5. The zero-order chi connectivity index (χ0) is 30.5. The van der Waals surface area contributed by atoms with Crippen LogP contribution < -0.4 is 38.1 Å². The van der Waals surface area contributed by atoms with Crippen molar-refractivity contribution in [3.63, 3.8) is 0 Å². The van der Waals surface area contributed by atoms with Crippen LogP contribution in [0, 0.1) is 0 Å². The number of hydrogen-bond donors (Lipinski definition) is 9. The molecule has 1 heterocycles. The second kappa shape index (κ2) is 16.1. The molecule has 0 saturated carbocycles. The Morgan fingerprint density at radius 1 is 0.829 bits per heavy atom. The molecule has 0 spiro atoms. The largest absolute Gasteiger partial charge is 0.481 e. The summed E-state index contributed by atoms with van der Waals surface area (Å²) in [6.07, 6.45) is -0.428. The quantitative estimate of drug-likeness (QED) is 0.0618. The van der Waals surface area contributed by atoms with Crippen LogP contribution in [0.5, 0.6) is 0 Å². The number of amides is 5. The van der Waals surface area contributed by atoms with Gasteiger partial charge in [-0.2, -0.15) is 12.6 Å². The summed E-state index contributed by atoms with van der Waals surface area (Å²) in [5, 5.41) is 21.7. The van der Waals surface area contributed by atoms with Gasteiger partial charge in [-0.1, -0.05) is 30.3 Å². The van der Waals surface area contributed by atoms with E-state index in [4.69, 9.17) is 11.5 Å². The zero-order valence-corrected chi connectivity index (χ0v) is 23.4. The number of carboxylic acid groups (broad SMARTS) is 1. The highest BCUT2D eigenvalue weighted by molar-refractivity contribution is 7.80. The summed E-state index contributed by atoms with van der Waals surface area (Å²) in [7, 11) is 0. The predicted octanol–water partition coefficient (Wildman–Crippen LogP) is -2.86. The van der Waals surface area contributed by atoms with Gasteiger partial charge in [-0.05, 0) is 25.3 Å². The number of nitrogens with two attached hydrogens (primary N) is 2. The summed E-state index contributed by atoms with van der Waals surface area (Å²) in [5.74, 6) is -5.67. The van der Waals surface area contributed by atoms with Crippen LogP contribution in [0.15, 0.2) is 35.3 Å². The van der Waals surface area contributed by atoms with Crippen molar-refractivity contribution in [3.8, 4) is 0 Å². The van der Waals surface area contributed by atoms with E-state index < -0.39 is 72.1 Å². The molecule has 5 atom stereocenters. The highest BCUT2D eigenvalue weighted by Crippen LogP contribution is 2.07. The van der Waals surface area contributed by atoms with Gasteiger partial charge in [-0.15, -0.1) is 0 Å². The van der Waals surface area contributed by atoms with Gasteiger partial charge in [-0.3, -0.25) is 33.8 Å². The van der Waals surface area contributed by atoms with Gasteiger partial charge in [0.25, 0.3) is 0 Å². The first-order valence-corrected chi connectivity index (χ1v) is 13.5. The zero-order valence-electron chi connectivity index (χ0n) is 22.5. The molecule has 0 aliphatic carbocycles. The molecule has 0 radical (unpaired) electrons. The molecule has 0 bridgehead atoms. The minimum absolute atomic E-state index is 0.00305. The minimum Gasteiger partial charge on any atom is -0.481 e. The van der Waals surface area contributed by atoms with Crippen molar-refractivity contribution in [3.05, 3.63) is 35.9 Å². The van der Waals surface area contributed by atoms with Crippen molar-refractivity contribution in [1.29, 1.82) is 0 Å². The molecule has 0 aromatic heterocycles. The summed E-state index contributed by atoms with van der Waals surface area (Å²) >= 11 is 4.17. The Kier molecular flexibility index (Phi) is 12.9. The van der Waals surface area contributed by atoms with E-state index in [0.29, 0.717) is 5.56 Å². The van der Waals surface area contributed by atoms with E-state index in [0.717, 1.165) is 0 Å². The maximum Gasteiger partial charge on any atom is 0.305 e. The first kappa shape index (κ1) is 32.9. The van der Waals surface area contributed by atoms with Crippen LogP contribution in [-0.4, -0.2) is 89.1 Å². The first-order chi connectivity index (χ1) is 19.4. The average molecular weight is 593 g/mol. The fourth-order valence-electron chi connectivity index (χ4n) is 3.90. The number of rotatable bonds is 9. The smallest absolute Gasteiger partial charge is 0.305 e. The average Bonchev–Trinajstić information content (AvgIpc) is 2.91. The monoisotopic (exact) mass is 592 g/mol. The Bertz CT molecular complexity index is 1150. The van der Waals surface area contributed by atoms with Gasteiger partial charge in [0.05, 0.1) is 6.42 Å². The number of aliphatic imine (C=N–C) groups is 1. The SMILES string of the molecule is C[C@@H]1NC(=O)[C@H](CCCN=C(N)N)NC(=O)[C@H](CS)NC(=O)[C@@H](Cc2ccccc2)NC(=O)[C@H](CC(=O)O)NC1=O. The number of guanidine groups is 1. The van der Waals surface area contributed by atoms with Gasteiger partial charge in [0, 0.05) is 18.7 Å². The summed E-state index contributed by atoms with van der Waals surface area (Å²) in [4.78, 5) is 80.8. The lowest BCUT2D eigenvalue weighted by molar-refractivity contribution is -0.141. The number of thiol groups is 1. The normalized spacial score (nSPS) is 24.3. The topological polar surface area (TPSA) is 247 Å². The lowest BCUT2D eigenvalue weighted by atomic mass is 10.0. The fourth-order valence-corrected chi connectivity index (χ4v) is 4.16. The van der Waals surface area contributed by atoms with Crippen molar-refractivity contribution < 1.29 is 33.9 Å². The number of carbonyl (C=O) groups excluding carboxylic acids is 5. The summed E-state index contributed by atoms with van der Waals surface area (Å²) in [6, 6.07) is 2.31. The van der Waals surface area contributed by atoms with Gasteiger partial charge in [0.15, 0.2) is 5.96 Å². The maximum absolute atomic E-state index is 13.3. The lowest BCUT2D eigenvalue weighted by Crippen LogP contribution is -2.58. The van der Waals surface area contributed by atoms with Crippen molar-refractivity contribution in [2.45, 2.75) is 62.8 Å². The Morgan fingerprint density at radius 3 is 1.98 bits per heavy atom. The number of aliphatic carboxylic acids is 1. The van der Waals surface area contributed by atoms with E-state index in [1.807, 2.05) is 0 Å². The molecule has 10 N–H and O–H groups in total. The van der Waals surface area contributed by atoms with Crippen LogP contribution in [0.3, 0.4) is 0 Å². The molecule has 1 saturated heterocycles. The molecule has 16 heteroatoms. The molecule has 1 aliphatic rings. The third-order valence-electron chi connectivity index (χ3n) is 6.07. The predicted molar refractivity (Wildman–Crippen MR) is 151 cm³/mol. The lowest BCUT2D eigenvalue weighted by Gasteiger charge is -2.25. The number of carboxylic acids is 1. The standard InChI is InChI=1S/C25H36N8O7S/c1-13-20(36)31-17(11-19(34)35)23(39)32-16(10-14-6-3-2-4-7-14)22(38)33-18(12-41)24(40)30-15(21(37)29-13)8-5-9-28-25(26)27/h2-4,6-7,13,15-18,41H,5,8-12H2,1H3,(H,29,37)(H,30,40)(H,31,36)(H,32,39)(H,33,38)(H,34,35)(H4,26,27,28)/t13-,15-,16+,17-,18-/m0/s1. The molecule has 2 rings (SSSR count). The fraction of sp³-hybridized carbons (Fsp3) is 0.480. The Hall–Kier alpha value is -4.34. The van der Waals surface area contributed by atoms with Crippen molar-refractivity contribution in [2.75, 3.05) is 12.3 Å². The van der Waals surface area contributed by atoms with E-state index in [-0.39, 0.29) is 37.5 Å². The molecule has 5 amide bonds. The molecule has 0 unspecified atom stereocenters. The van der Waals surface area contributed by atoms with E-state index in [9.17, 15) is 33.9 Å². The number of hydrogen-bond acceptors (Lipinski definition) is 8. The van der Waals surface area contributed by atoms with E-state index in [2.05, 4.69) is 44.2 Å². The van der Waals surface area contributed by atoms with E-state index in [1.165, 1.54) is 6.92 Å². The molecule has 1 aromatic rings. The van der Waals surface area contributed by atoms with Gasteiger partial charge in [-0.25, -0.2) is 0 Å². The van der Waals surface area contributed by atoms with E-state index >= 15 is 0 Å². The second-order valence-corrected chi connectivity index (χ2v) is 9.76. The van der Waals surface area contributed by atoms with Gasteiger partial charge in [0.1, 0.15) is 30.2 Å². The molecule has 41 heavy (non-hydrogen) atoms. The van der Waals surface area contributed by atoms with Crippen LogP contribution in [0.25, 0.3) is 0 Å². The van der Waals surface area contributed by atoms with Crippen molar-refractivity contribution in [2.24, 2.45) is 16.5 Å². The van der Waals surface area contributed by atoms with Gasteiger partial charge in [0.2, 0.25) is 29.5 Å². The van der Waals surface area contributed by atoms with Crippen LogP contribution >= 0.6 is 12.6 Å². The van der Waals surface area contributed by atoms with Crippen LogP contribution in [0.2, 0.25) is 0 Å². The third-order valence-corrected chi connectivity index (χ3v) is 6.44. The molecule has 1 fully saturated rings. The van der Waals surface area contributed by atoms with Crippen molar-refractivity contribution in [1.82, 2.24) is 26.6 Å². The van der Waals surface area contributed by atoms with E-state index in [1.54, 1.807) is 30.3 Å². The second-order valence-electron chi connectivity index (χ2n) is 9.39. The number of carbonyl (C=O) groups is 6. The molecular formula is C25H36N8O7S. The number of nitrogens with zero attached hydrogens (tertiary/aromatic N) is 1. The molecule has 1 aromatic carbocycles. The van der Waals surface area contributed by atoms with Crippen molar-refractivity contribution >= 4 is 54.1 Å². The summed E-state index contributed by atoms with van der Waals surface area (Å²) in [5.41, 5.74) is 11.3. The Morgan fingerprint density at radius 2 is 1.37 bits per heavy atom. The minimum atomic E-state index is -1.56. The number of benzene rings is 1. The molecular weight excluding hydrogens is 556 g/mol. The Balaban J connectivity index is 2.43. The maximum atomic E-state index is 13.3. The van der Waals surface area contributed by atoms with Crippen LogP contribution in [0.1, 0.15) is 31.7 Å². The highest BCUT2D eigenvalue weighted by Gasteiger charge is 2.34. The van der Waals surface area contributed by atoms with Crippen LogP contribution in [0.4, 0.5) is 0 Å². The Labute approximate surface area is 242 Å². The highest BCUT2D eigenvalue weighted by atomic mass is 32.1. The molecule has 15 nitrogen and oxygen atoms in total. The molecule has 1 aliphatic heterocycles. The van der Waals surface area contributed by atoms with Crippen LogP contribution in [-0.2, 0) is 35.2 Å².